The van der Waals surface area contributed by atoms with Crippen molar-refractivity contribution in [2.75, 3.05) is 19.0 Å². The van der Waals surface area contributed by atoms with Gasteiger partial charge in [-0.05, 0) is 48.9 Å². The molecule has 0 aromatic heterocycles. The summed E-state index contributed by atoms with van der Waals surface area (Å²) in [5.74, 6) is 1.85. The maximum Gasteiger partial charge on any atom is 0.124 e. The third kappa shape index (κ3) is 3.00. The van der Waals surface area contributed by atoms with Gasteiger partial charge in [-0.3, -0.25) is 0 Å². The number of nitrogens with one attached hydrogen (secondary N) is 1. The summed E-state index contributed by atoms with van der Waals surface area (Å²) >= 11 is 3.54. The zero-order valence-corrected chi connectivity index (χ0v) is 13.7. The van der Waals surface area contributed by atoms with Gasteiger partial charge in [-0.2, -0.15) is 0 Å². The Morgan fingerprint density at radius 1 is 1.24 bits per heavy atom. The second kappa shape index (κ2) is 5.98. The van der Waals surface area contributed by atoms with Crippen LogP contribution in [0, 0.1) is 6.92 Å². The third-order valence-electron chi connectivity index (χ3n) is 3.77. The number of ether oxygens (including phenoxy) is 2. The summed E-state index contributed by atoms with van der Waals surface area (Å²) in [6.45, 7) is 2.83. The first-order chi connectivity index (χ1) is 10.2. The molecule has 0 aliphatic carbocycles. The standard InChI is InChI=1S/C17H18BrNO2/c1-11-9-13(20-2)4-5-15(11)19-16-7-8-21-17-6-3-12(18)10-14(16)17/h3-6,9-10,16,19H,7-8H2,1-2H3. The van der Waals surface area contributed by atoms with Gasteiger partial charge in [0.1, 0.15) is 11.5 Å². The summed E-state index contributed by atoms with van der Waals surface area (Å²) in [6.07, 6.45) is 0.953. The number of fused-ring (bicyclic) bond motifs is 1. The monoisotopic (exact) mass is 347 g/mol. The van der Waals surface area contributed by atoms with Gasteiger partial charge in [0.15, 0.2) is 0 Å². The highest BCUT2D eigenvalue weighted by molar-refractivity contribution is 9.10. The van der Waals surface area contributed by atoms with Gasteiger partial charge in [-0.25, -0.2) is 0 Å². The summed E-state index contributed by atoms with van der Waals surface area (Å²) < 4.78 is 12.1. The molecule has 0 radical (unpaired) electrons. The van der Waals surface area contributed by atoms with Crippen LogP contribution in [0.25, 0.3) is 0 Å². The Morgan fingerprint density at radius 2 is 2.10 bits per heavy atom. The van der Waals surface area contributed by atoms with Crippen molar-refractivity contribution in [3.8, 4) is 11.5 Å². The lowest BCUT2D eigenvalue weighted by molar-refractivity contribution is 0.274. The van der Waals surface area contributed by atoms with Crippen molar-refractivity contribution in [1.82, 2.24) is 0 Å². The van der Waals surface area contributed by atoms with E-state index >= 15 is 0 Å². The van der Waals surface area contributed by atoms with Gasteiger partial charge in [0.25, 0.3) is 0 Å². The maximum atomic E-state index is 5.73. The van der Waals surface area contributed by atoms with Crippen LogP contribution in [0.2, 0.25) is 0 Å². The van der Waals surface area contributed by atoms with Crippen LogP contribution in [-0.4, -0.2) is 13.7 Å². The summed E-state index contributed by atoms with van der Waals surface area (Å²) in [6, 6.07) is 12.5. The number of hydrogen-bond donors (Lipinski definition) is 1. The Bertz CT molecular complexity index is 657. The van der Waals surface area contributed by atoms with Gasteiger partial charge in [-0.1, -0.05) is 15.9 Å². The molecule has 1 aliphatic heterocycles. The third-order valence-corrected chi connectivity index (χ3v) is 4.27. The Morgan fingerprint density at radius 3 is 2.86 bits per heavy atom. The van der Waals surface area contributed by atoms with Crippen LogP contribution in [0.15, 0.2) is 40.9 Å². The van der Waals surface area contributed by atoms with Crippen LogP contribution in [0.1, 0.15) is 23.6 Å². The first-order valence-corrected chi connectivity index (χ1v) is 7.80. The van der Waals surface area contributed by atoms with E-state index in [9.17, 15) is 0 Å². The van der Waals surface area contributed by atoms with Crippen LogP contribution < -0.4 is 14.8 Å². The fraction of sp³-hybridized carbons (Fsp3) is 0.294. The second-order valence-corrected chi connectivity index (χ2v) is 6.11. The van der Waals surface area contributed by atoms with E-state index in [0.29, 0.717) is 0 Å². The molecule has 0 saturated heterocycles. The van der Waals surface area contributed by atoms with Crippen molar-refractivity contribution < 1.29 is 9.47 Å². The lowest BCUT2D eigenvalue weighted by Gasteiger charge is -2.28. The molecule has 0 amide bonds. The fourth-order valence-electron chi connectivity index (χ4n) is 2.63. The minimum atomic E-state index is 0.262. The SMILES string of the molecule is COc1ccc(NC2CCOc3ccc(Br)cc32)c(C)c1. The van der Waals surface area contributed by atoms with E-state index in [2.05, 4.69) is 40.3 Å². The number of benzene rings is 2. The lowest BCUT2D eigenvalue weighted by Crippen LogP contribution is -2.20. The highest BCUT2D eigenvalue weighted by atomic mass is 79.9. The molecule has 2 aromatic carbocycles. The predicted octanol–water partition coefficient (Wildman–Crippen LogP) is 4.70. The Hall–Kier alpha value is -1.68. The minimum Gasteiger partial charge on any atom is -0.497 e. The van der Waals surface area contributed by atoms with Crippen molar-refractivity contribution >= 4 is 21.6 Å². The van der Waals surface area contributed by atoms with E-state index in [1.54, 1.807) is 7.11 Å². The molecule has 1 atom stereocenters. The summed E-state index contributed by atoms with van der Waals surface area (Å²) in [7, 11) is 1.69. The fourth-order valence-corrected chi connectivity index (χ4v) is 3.01. The number of aryl methyl sites for hydroxylation is 1. The molecule has 0 fully saturated rings. The molecule has 0 saturated carbocycles. The van der Waals surface area contributed by atoms with Crippen LogP contribution in [-0.2, 0) is 0 Å². The molecular weight excluding hydrogens is 330 g/mol. The van der Waals surface area contributed by atoms with Crippen molar-refractivity contribution in [3.63, 3.8) is 0 Å². The average molecular weight is 348 g/mol. The summed E-state index contributed by atoms with van der Waals surface area (Å²) in [5.41, 5.74) is 3.51. The molecule has 1 heterocycles. The molecule has 3 rings (SSSR count). The molecule has 1 N–H and O–H groups in total. The molecule has 3 nitrogen and oxygen atoms in total. The van der Waals surface area contributed by atoms with Gasteiger partial charge in [-0.15, -0.1) is 0 Å². The second-order valence-electron chi connectivity index (χ2n) is 5.20. The van der Waals surface area contributed by atoms with E-state index < -0.39 is 0 Å². The van der Waals surface area contributed by atoms with Crippen LogP contribution >= 0.6 is 15.9 Å². The van der Waals surface area contributed by atoms with E-state index in [1.807, 2.05) is 24.3 Å². The van der Waals surface area contributed by atoms with E-state index in [0.717, 1.165) is 34.7 Å². The van der Waals surface area contributed by atoms with Crippen LogP contribution in [0.5, 0.6) is 11.5 Å². The molecule has 0 bridgehead atoms. The van der Waals surface area contributed by atoms with Crippen LogP contribution in [0.4, 0.5) is 5.69 Å². The first kappa shape index (κ1) is 14.3. The first-order valence-electron chi connectivity index (χ1n) is 7.01. The Kier molecular flexibility index (Phi) is 4.06. The normalized spacial score (nSPS) is 16.8. The van der Waals surface area contributed by atoms with Crippen molar-refractivity contribution in [2.24, 2.45) is 0 Å². The zero-order chi connectivity index (χ0) is 14.8. The summed E-state index contributed by atoms with van der Waals surface area (Å²) in [4.78, 5) is 0. The number of rotatable bonds is 3. The smallest absolute Gasteiger partial charge is 0.124 e. The molecule has 21 heavy (non-hydrogen) atoms. The number of methoxy groups -OCH3 is 1. The molecule has 4 heteroatoms. The zero-order valence-electron chi connectivity index (χ0n) is 12.2. The number of hydrogen-bond acceptors (Lipinski definition) is 3. The van der Waals surface area contributed by atoms with Gasteiger partial charge in [0.2, 0.25) is 0 Å². The van der Waals surface area contributed by atoms with Crippen molar-refractivity contribution in [3.05, 3.63) is 52.0 Å². The molecular formula is C17H18BrNO2. The van der Waals surface area contributed by atoms with Gasteiger partial charge < -0.3 is 14.8 Å². The maximum absolute atomic E-state index is 5.73. The van der Waals surface area contributed by atoms with E-state index in [-0.39, 0.29) is 6.04 Å². The minimum absolute atomic E-state index is 0.262. The predicted molar refractivity (Wildman–Crippen MR) is 88.3 cm³/mol. The van der Waals surface area contributed by atoms with Gasteiger partial charge in [0.05, 0.1) is 19.8 Å². The molecule has 1 aliphatic rings. The van der Waals surface area contributed by atoms with Gasteiger partial charge >= 0.3 is 0 Å². The number of anilines is 1. The van der Waals surface area contributed by atoms with Gasteiger partial charge in [0, 0.05) is 22.1 Å². The van der Waals surface area contributed by atoms with E-state index in [1.165, 1.54) is 11.1 Å². The van der Waals surface area contributed by atoms with E-state index in [4.69, 9.17) is 9.47 Å². The Labute approximate surface area is 133 Å². The molecule has 1 unspecified atom stereocenters. The Balaban J connectivity index is 1.88. The van der Waals surface area contributed by atoms with Crippen molar-refractivity contribution in [2.45, 2.75) is 19.4 Å². The highest BCUT2D eigenvalue weighted by Crippen LogP contribution is 2.37. The number of halogens is 1. The summed E-state index contributed by atoms with van der Waals surface area (Å²) in [5, 5.41) is 3.63. The quantitative estimate of drug-likeness (QED) is 0.872. The molecule has 2 aromatic rings. The largest absolute Gasteiger partial charge is 0.497 e. The topological polar surface area (TPSA) is 30.5 Å². The van der Waals surface area contributed by atoms with Crippen molar-refractivity contribution in [1.29, 1.82) is 0 Å². The van der Waals surface area contributed by atoms with Crippen LogP contribution in [0.3, 0.4) is 0 Å². The average Bonchev–Trinajstić information content (AvgIpc) is 2.49. The molecule has 110 valence electrons. The highest BCUT2D eigenvalue weighted by Gasteiger charge is 2.22. The molecule has 0 spiro atoms. The lowest BCUT2D eigenvalue weighted by atomic mass is 10.00.